The van der Waals surface area contributed by atoms with Gasteiger partial charge in [0, 0.05) is 6.42 Å². The zero-order valence-electron chi connectivity index (χ0n) is 20.3. The summed E-state index contributed by atoms with van der Waals surface area (Å²) in [6.45, 7) is 5.14. The molecule has 0 unspecified atom stereocenters. The Morgan fingerprint density at radius 3 is 1.14 bits per heavy atom. The summed E-state index contributed by atoms with van der Waals surface area (Å²) in [5.74, 6) is 0.0120. The fourth-order valence-electron chi connectivity index (χ4n) is 3.96. The summed E-state index contributed by atoms with van der Waals surface area (Å²) in [4.78, 5) is 11.6. The lowest BCUT2D eigenvalue weighted by atomic mass is 10.0. The largest absolute Gasteiger partial charge is 0.466 e. The highest BCUT2D eigenvalue weighted by Crippen LogP contribution is 2.14. The molecule has 29 heavy (non-hydrogen) atoms. The summed E-state index contributed by atoms with van der Waals surface area (Å²) in [5, 5.41) is 0. The predicted molar refractivity (Wildman–Crippen MR) is 128 cm³/mol. The highest BCUT2D eigenvalue weighted by atomic mass is 16.5. The van der Waals surface area contributed by atoms with Crippen molar-refractivity contribution in [1.82, 2.24) is 0 Å². The molecule has 0 aromatic carbocycles. The van der Waals surface area contributed by atoms with Crippen molar-refractivity contribution >= 4 is 5.97 Å². The molecule has 0 aliphatic carbocycles. The molecule has 0 spiro atoms. The molecule has 0 aromatic heterocycles. The van der Waals surface area contributed by atoms with Crippen molar-refractivity contribution in [3.8, 4) is 0 Å². The Kier molecular flexibility index (Phi) is 25.0. The number of hydrogen-bond acceptors (Lipinski definition) is 2. The van der Waals surface area contributed by atoms with E-state index in [-0.39, 0.29) is 5.97 Å². The van der Waals surface area contributed by atoms with E-state index in [1.54, 1.807) is 0 Å². The van der Waals surface area contributed by atoms with Gasteiger partial charge in [-0.2, -0.15) is 0 Å². The summed E-state index contributed by atoms with van der Waals surface area (Å²) in [5.41, 5.74) is 0. The number of hydrogen-bond donors (Lipinski definition) is 0. The van der Waals surface area contributed by atoms with Gasteiger partial charge in [0.2, 0.25) is 0 Å². The van der Waals surface area contributed by atoms with Crippen LogP contribution in [0.5, 0.6) is 0 Å². The van der Waals surface area contributed by atoms with E-state index in [1.807, 2.05) is 0 Å². The van der Waals surface area contributed by atoms with Crippen molar-refractivity contribution in [2.24, 2.45) is 0 Å². The molecule has 0 N–H and O–H groups in total. The van der Waals surface area contributed by atoms with E-state index in [1.165, 1.54) is 128 Å². The zero-order chi connectivity index (χ0) is 21.3. The molecule has 0 saturated heterocycles. The van der Waals surface area contributed by atoms with Crippen LogP contribution in [0, 0.1) is 0 Å². The third-order valence-corrected chi connectivity index (χ3v) is 6.00. The van der Waals surface area contributed by atoms with Gasteiger partial charge in [0.05, 0.1) is 6.61 Å². The summed E-state index contributed by atoms with van der Waals surface area (Å²) >= 11 is 0. The van der Waals surface area contributed by atoms with Crippen LogP contribution in [0.3, 0.4) is 0 Å². The highest BCUT2D eigenvalue weighted by Gasteiger charge is 2.02. The molecular weight excluding hydrogens is 356 g/mol. The van der Waals surface area contributed by atoms with Crippen LogP contribution in [-0.4, -0.2) is 12.6 Å². The molecule has 2 heteroatoms. The molecule has 0 fully saturated rings. The van der Waals surface area contributed by atoms with Crippen LogP contribution in [0.15, 0.2) is 0 Å². The predicted octanol–water partition coefficient (Wildman–Crippen LogP) is 9.54. The fraction of sp³-hybridized carbons (Fsp3) is 0.963. The summed E-state index contributed by atoms with van der Waals surface area (Å²) in [6, 6.07) is 0. The molecule has 0 atom stereocenters. The average Bonchev–Trinajstić information content (AvgIpc) is 2.72. The number of unbranched alkanes of at least 4 members (excludes halogenated alkanes) is 20. The topological polar surface area (TPSA) is 26.3 Å². The molecule has 0 rings (SSSR count). The molecule has 2 nitrogen and oxygen atoms in total. The van der Waals surface area contributed by atoms with Gasteiger partial charge in [0.25, 0.3) is 0 Å². The molecule has 174 valence electrons. The maximum atomic E-state index is 11.6. The van der Waals surface area contributed by atoms with E-state index >= 15 is 0 Å². The molecule has 0 saturated carbocycles. The first-order valence-electron chi connectivity index (χ1n) is 13.5. The van der Waals surface area contributed by atoms with E-state index in [2.05, 4.69) is 13.8 Å². The quantitative estimate of drug-likeness (QED) is 0.117. The Morgan fingerprint density at radius 1 is 0.448 bits per heavy atom. The minimum atomic E-state index is 0.0120. The van der Waals surface area contributed by atoms with Crippen LogP contribution >= 0.6 is 0 Å². The van der Waals surface area contributed by atoms with Crippen LogP contribution < -0.4 is 0 Å². The smallest absolute Gasteiger partial charge is 0.305 e. The second-order valence-electron chi connectivity index (χ2n) is 9.04. The Labute approximate surface area is 184 Å². The van der Waals surface area contributed by atoms with Gasteiger partial charge in [-0.25, -0.2) is 0 Å². The Hall–Kier alpha value is -0.530. The first kappa shape index (κ1) is 28.5. The molecule has 0 radical (unpaired) electrons. The van der Waals surface area contributed by atoms with E-state index in [0.717, 1.165) is 12.8 Å². The Balaban J connectivity index is 3.08. The lowest BCUT2D eigenvalue weighted by Gasteiger charge is -2.05. The lowest BCUT2D eigenvalue weighted by molar-refractivity contribution is -0.143. The number of ether oxygens (including phenoxy) is 1. The van der Waals surface area contributed by atoms with E-state index < -0.39 is 0 Å². The van der Waals surface area contributed by atoms with E-state index in [4.69, 9.17) is 4.74 Å². The SMILES string of the molecule is CCCCCCCCCCCCCCCCCCCOC(=O)CCCCCCC. The summed E-state index contributed by atoms with van der Waals surface area (Å²) in [7, 11) is 0. The zero-order valence-corrected chi connectivity index (χ0v) is 20.3. The average molecular weight is 411 g/mol. The van der Waals surface area contributed by atoms with E-state index in [0.29, 0.717) is 13.0 Å². The van der Waals surface area contributed by atoms with Crippen molar-refractivity contribution in [2.45, 2.75) is 162 Å². The molecule has 0 bridgehead atoms. The monoisotopic (exact) mass is 410 g/mol. The summed E-state index contributed by atoms with van der Waals surface area (Å²) in [6.07, 6.45) is 30.1. The minimum Gasteiger partial charge on any atom is -0.466 e. The minimum absolute atomic E-state index is 0.0120. The number of carbonyl (C=O) groups excluding carboxylic acids is 1. The van der Waals surface area contributed by atoms with Crippen LogP contribution in [0.2, 0.25) is 0 Å². The van der Waals surface area contributed by atoms with Crippen molar-refractivity contribution in [3.63, 3.8) is 0 Å². The molecular formula is C27H54O2. The molecule has 0 heterocycles. The van der Waals surface area contributed by atoms with Gasteiger partial charge in [-0.05, 0) is 12.8 Å². The second-order valence-corrected chi connectivity index (χ2v) is 9.04. The number of rotatable bonds is 24. The van der Waals surface area contributed by atoms with Crippen LogP contribution in [-0.2, 0) is 9.53 Å². The van der Waals surface area contributed by atoms with Crippen molar-refractivity contribution in [2.75, 3.05) is 6.61 Å². The van der Waals surface area contributed by atoms with Gasteiger partial charge < -0.3 is 4.74 Å². The van der Waals surface area contributed by atoms with Gasteiger partial charge in [-0.1, -0.05) is 142 Å². The fourth-order valence-corrected chi connectivity index (χ4v) is 3.96. The van der Waals surface area contributed by atoms with Crippen molar-refractivity contribution in [1.29, 1.82) is 0 Å². The van der Waals surface area contributed by atoms with Crippen molar-refractivity contribution < 1.29 is 9.53 Å². The third kappa shape index (κ3) is 25.4. The van der Waals surface area contributed by atoms with Crippen molar-refractivity contribution in [3.05, 3.63) is 0 Å². The van der Waals surface area contributed by atoms with E-state index in [9.17, 15) is 4.79 Å². The summed E-state index contributed by atoms with van der Waals surface area (Å²) < 4.78 is 5.33. The maximum Gasteiger partial charge on any atom is 0.305 e. The van der Waals surface area contributed by atoms with Crippen LogP contribution in [0.25, 0.3) is 0 Å². The molecule has 0 aromatic rings. The Bertz CT molecular complexity index is 314. The molecule has 0 amide bonds. The van der Waals surface area contributed by atoms with Gasteiger partial charge in [0.1, 0.15) is 0 Å². The Morgan fingerprint density at radius 2 is 0.759 bits per heavy atom. The molecule has 0 aliphatic heterocycles. The van der Waals surface area contributed by atoms with Crippen LogP contribution in [0.1, 0.15) is 162 Å². The normalized spacial score (nSPS) is 11.1. The number of esters is 1. The third-order valence-electron chi connectivity index (χ3n) is 6.00. The number of carbonyl (C=O) groups is 1. The van der Waals surface area contributed by atoms with Crippen LogP contribution in [0.4, 0.5) is 0 Å². The van der Waals surface area contributed by atoms with Gasteiger partial charge in [-0.15, -0.1) is 0 Å². The first-order chi connectivity index (χ1) is 14.3. The lowest BCUT2D eigenvalue weighted by Crippen LogP contribution is -2.05. The van der Waals surface area contributed by atoms with Gasteiger partial charge in [-0.3, -0.25) is 4.79 Å². The van der Waals surface area contributed by atoms with Gasteiger partial charge >= 0.3 is 5.97 Å². The molecule has 0 aliphatic rings. The first-order valence-corrected chi connectivity index (χ1v) is 13.5. The second kappa shape index (κ2) is 25.5. The highest BCUT2D eigenvalue weighted by molar-refractivity contribution is 5.69. The standard InChI is InChI=1S/C27H54O2/c1-3-5-7-9-10-11-12-13-14-15-16-17-18-19-20-22-24-26-29-27(28)25-23-21-8-6-4-2/h3-26H2,1-2H3. The maximum absolute atomic E-state index is 11.6. The van der Waals surface area contributed by atoms with Gasteiger partial charge in [0.15, 0.2) is 0 Å².